The van der Waals surface area contributed by atoms with Crippen LogP contribution in [0.15, 0.2) is 0 Å². The number of nitrogens with one attached hydrogen (secondary N) is 1. The topological polar surface area (TPSA) is 46.6 Å². The van der Waals surface area contributed by atoms with E-state index >= 15 is 0 Å². The lowest BCUT2D eigenvalue weighted by molar-refractivity contribution is -0.0503. The fraction of sp³-hybridized carbons (Fsp3) is 0.786. The number of morpholine rings is 1. The molecule has 3 rings (SSSR count). The summed E-state index contributed by atoms with van der Waals surface area (Å²) in [6.07, 6.45) is 2.72. The third-order valence-electron chi connectivity index (χ3n) is 4.08. The first-order valence-corrected chi connectivity index (χ1v) is 8.11. The second-order valence-electron chi connectivity index (χ2n) is 5.50. The molecule has 5 nitrogen and oxygen atoms in total. The number of rotatable bonds is 5. The van der Waals surface area contributed by atoms with E-state index in [1.54, 1.807) is 18.4 Å². The Morgan fingerprint density at radius 2 is 2.45 bits per heavy atom. The first-order valence-electron chi connectivity index (χ1n) is 7.29. The van der Waals surface area contributed by atoms with E-state index in [9.17, 15) is 0 Å². The summed E-state index contributed by atoms with van der Waals surface area (Å²) >= 11 is 1.76. The Morgan fingerprint density at radius 3 is 3.25 bits per heavy atom. The minimum Gasteiger partial charge on any atom is -0.378 e. The molecule has 2 saturated heterocycles. The van der Waals surface area contributed by atoms with Crippen molar-refractivity contribution >= 4 is 11.3 Å². The third kappa shape index (κ3) is 2.89. The van der Waals surface area contributed by atoms with Crippen LogP contribution in [0.3, 0.4) is 0 Å². The standard InChI is InChI=1S/C14H23N3O2S/c1-15-6-13-11(9-18-2)16-14(20-13)12-7-17-5-3-4-10(17)8-19-12/h10,12,15H,3-9H2,1-2H3. The highest BCUT2D eigenvalue weighted by molar-refractivity contribution is 7.11. The number of hydrogen-bond acceptors (Lipinski definition) is 6. The van der Waals surface area contributed by atoms with Crippen molar-refractivity contribution in [3.8, 4) is 0 Å². The largest absolute Gasteiger partial charge is 0.378 e. The molecule has 2 unspecified atom stereocenters. The van der Waals surface area contributed by atoms with Gasteiger partial charge in [-0.1, -0.05) is 0 Å². The normalized spacial score (nSPS) is 26.9. The fourth-order valence-corrected chi connectivity index (χ4v) is 4.18. The van der Waals surface area contributed by atoms with E-state index in [0.717, 1.165) is 30.4 Å². The van der Waals surface area contributed by atoms with Crippen LogP contribution in [-0.2, 0) is 22.6 Å². The molecule has 0 bridgehead atoms. The monoisotopic (exact) mass is 297 g/mol. The maximum atomic E-state index is 6.05. The lowest BCUT2D eigenvalue weighted by atomic mass is 10.2. The van der Waals surface area contributed by atoms with Gasteiger partial charge in [0.05, 0.1) is 18.9 Å². The summed E-state index contributed by atoms with van der Waals surface area (Å²) in [5.41, 5.74) is 1.05. The summed E-state index contributed by atoms with van der Waals surface area (Å²) in [6.45, 7) is 4.47. The molecule has 2 fully saturated rings. The number of aromatic nitrogens is 1. The second-order valence-corrected chi connectivity index (χ2v) is 6.61. The van der Waals surface area contributed by atoms with Crippen molar-refractivity contribution < 1.29 is 9.47 Å². The predicted octanol–water partition coefficient (Wildman–Crippen LogP) is 1.54. The van der Waals surface area contributed by atoms with Gasteiger partial charge in [0, 0.05) is 31.1 Å². The zero-order valence-corrected chi connectivity index (χ0v) is 13.0. The Labute approximate surface area is 124 Å². The smallest absolute Gasteiger partial charge is 0.124 e. The highest BCUT2D eigenvalue weighted by Crippen LogP contribution is 2.33. The van der Waals surface area contributed by atoms with Gasteiger partial charge in [-0.25, -0.2) is 4.98 Å². The summed E-state index contributed by atoms with van der Waals surface area (Å²) in [7, 11) is 3.68. The minimum atomic E-state index is 0.135. The van der Waals surface area contributed by atoms with E-state index in [0.29, 0.717) is 12.6 Å². The lowest BCUT2D eigenvalue weighted by Crippen LogP contribution is -2.42. The molecule has 112 valence electrons. The van der Waals surface area contributed by atoms with Crippen LogP contribution in [0.2, 0.25) is 0 Å². The molecule has 2 atom stereocenters. The molecule has 0 amide bonds. The SMILES string of the molecule is CNCc1sc(C2CN3CCCC3CO2)nc1COC. The van der Waals surface area contributed by atoms with Gasteiger partial charge < -0.3 is 14.8 Å². The van der Waals surface area contributed by atoms with Crippen LogP contribution < -0.4 is 5.32 Å². The van der Waals surface area contributed by atoms with Crippen LogP contribution in [0.5, 0.6) is 0 Å². The molecular weight excluding hydrogens is 274 g/mol. The van der Waals surface area contributed by atoms with Gasteiger partial charge in [0.15, 0.2) is 0 Å². The predicted molar refractivity (Wildman–Crippen MR) is 78.9 cm³/mol. The fourth-order valence-electron chi connectivity index (χ4n) is 3.06. The summed E-state index contributed by atoms with van der Waals surface area (Å²) in [5.74, 6) is 0. The summed E-state index contributed by atoms with van der Waals surface area (Å²) in [5, 5.41) is 4.30. The molecule has 6 heteroatoms. The first-order chi connectivity index (χ1) is 9.81. The molecule has 1 aromatic heterocycles. The van der Waals surface area contributed by atoms with Crippen LogP contribution in [-0.4, -0.2) is 49.8 Å². The van der Waals surface area contributed by atoms with Crippen LogP contribution in [0.25, 0.3) is 0 Å². The van der Waals surface area contributed by atoms with Gasteiger partial charge in [-0.05, 0) is 26.4 Å². The molecule has 20 heavy (non-hydrogen) atoms. The molecular formula is C14H23N3O2S. The number of hydrogen-bond donors (Lipinski definition) is 1. The van der Waals surface area contributed by atoms with Gasteiger partial charge in [0.25, 0.3) is 0 Å². The van der Waals surface area contributed by atoms with Crippen molar-refractivity contribution in [2.75, 3.05) is 33.9 Å². The van der Waals surface area contributed by atoms with Crippen LogP contribution in [0, 0.1) is 0 Å². The summed E-state index contributed by atoms with van der Waals surface area (Å²) < 4.78 is 11.3. The van der Waals surface area contributed by atoms with E-state index in [1.807, 2.05) is 7.05 Å². The van der Waals surface area contributed by atoms with E-state index in [4.69, 9.17) is 14.5 Å². The number of fused-ring (bicyclic) bond motifs is 1. The van der Waals surface area contributed by atoms with Gasteiger partial charge in [-0.3, -0.25) is 4.90 Å². The van der Waals surface area contributed by atoms with E-state index in [-0.39, 0.29) is 6.10 Å². The van der Waals surface area contributed by atoms with Crippen molar-refractivity contribution in [1.29, 1.82) is 0 Å². The average Bonchev–Trinajstić information content (AvgIpc) is 3.06. The van der Waals surface area contributed by atoms with Crippen molar-refractivity contribution in [3.63, 3.8) is 0 Å². The Kier molecular flexibility index (Phi) is 4.68. The average molecular weight is 297 g/mol. The Morgan fingerprint density at radius 1 is 1.55 bits per heavy atom. The number of thiazole rings is 1. The molecule has 0 aromatic carbocycles. The van der Waals surface area contributed by atoms with E-state index in [2.05, 4.69) is 10.2 Å². The van der Waals surface area contributed by atoms with Gasteiger partial charge in [0.2, 0.25) is 0 Å². The number of methoxy groups -OCH3 is 1. The maximum absolute atomic E-state index is 6.05. The molecule has 0 saturated carbocycles. The molecule has 2 aliphatic heterocycles. The zero-order chi connectivity index (χ0) is 13.9. The van der Waals surface area contributed by atoms with Gasteiger partial charge in [-0.2, -0.15) is 0 Å². The molecule has 2 aliphatic rings. The number of ether oxygens (including phenoxy) is 2. The van der Waals surface area contributed by atoms with E-state index in [1.165, 1.54) is 24.3 Å². The van der Waals surface area contributed by atoms with Crippen LogP contribution in [0.1, 0.15) is 34.5 Å². The highest BCUT2D eigenvalue weighted by atomic mass is 32.1. The van der Waals surface area contributed by atoms with Crippen molar-refractivity contribution in [2.24, 2.45) is 0 Å². The lowest BCUT2D eigenvalue weighted by Gasteiger charge is -2.34. The third-order valence-corrected chi connectivity index (χ3v) is 5.27. The molecule has 0 aliphatic carbocycles. The Balaban J connectivity index is 1.74. The summed E-state index contributed by atoms with van der Waals surface area (Å²) in [4.78, 5) is 8.58. The van der Waals surface area contributed by atoms with Crippen LogP contribution in [0.4, 0.5) is 0 Å². The van der Waals surface area contributed by atoms with Gasteiger partial charge in [-0.15, -0.1) is 11.3 Å². The molecule has 0 spiro atoms. The quantitative estimate of drug-likeness (QED) is 0.893. The molecule has 1 aromatic rings. The van der Waals surface area contributed by atoms with Gasteiger partial charge >= 0.3 is 0 Å². The number of nitrogens with zero attached hydrogens (tertiary/aromatic N) is 2. The van der Waals surface area contributed by atoms with Crippen molar-refractivity contribution in [3.05, 3.63) is 15.6 Å². The van der Waals surface area contributed by atoms with Gasteiger partial charge in [0.1, 0.15) is 11.1 Å². The summed E-state index contributed by atoms with van der Waals surface area (Å²) in [6, 6.07) is 0.640. The molecule has 0 radical (unpaired) electrons. The first kappa shape index (κ1) is 14.4. The van der Waals surface area contributed by atoms with Crippen LogP contribution >= 0.6 is 11.3 Å². The second kappa shape index (κ2) is 6.49. The minimum absolute atomic E-state index is 0.135. The Bertz CT molecular complexity index is 428. The molecule has 1 N–H and O–H groups in total. The van der Waals surface area contributed by atoms with Crippen molar-refractivity contribution in [1.82, 2.24) is 15.2 Å². The maximum Gasteiger partial charge on any atom is 0.124 e. The van der Waals surface area contributed by atoms with E-state index < -0.39 is 0 Å². The molecule has 3 heterocycles. The van der Waals surface area contributed by atoms with Crippen molar-refractivity contribution in [2.45, 2.75) is 38.1 Å². The highest BCUT2D eigenvalue weighted by Gasteiger charge is 2.34. The zero-order valence-electron chi connectivity index (χ0n) is 12.2. The Hall–Kier alpha value is -0.530.